The monoisotopic (exact) mass is 286 g/mol. The number of β-amino-alcohol motifs (C(OH)–C–C–N with tert-alkyl or cyclic N) is 1. The van der Waals surface area contributed by atoms with Gasteiger partial charge in [0.05, 0.1) is 18.6 Å². The van der Waals surface area contributed by atoms with Gasteiger partial charge in [-0.15, -0.1) is 0 Å². The number of ether oxygens (including phenoxy) is 1. The predicted molar refractivity (Wildman–Crippen MR) is 79.5 cm³/mol. The average molecular weight is 286 g/mol. The van der Waals surface area contributed by atoms with Crippen LogP contribution >= 0.6 is 0 Å². The summed E-state index contributed by atoms with van der Waals surface area (Å²) in [7, 11) is 1.62. The molecule has 0 saturated carbocycles. The average Bonchev–Trinajstić information content (AvgIpc) is 2.38. The molecule has 0 radical (unpaired) electrons. The summed E-state index contributed by atoms with van der Waals surface area (Å²) in [5.74, 6) is 0.0922. The summed E-state index contributed by atoms with van der Waals surface area (Å²) in [6.07, 6.45) is -0.336. The maximum Gasteiger partial charge on any atom is 0.227 e. The molecule has 0 bridgehead atoms. The molecule has 1 N–H and O–H groups in total. The van der Waals surface area contributed by atoms with Crippen molar-refractivity contribution in [2.24, 2.45) is 11.3 Å². The molecule has 1 aliphatic heterocycles. The molecule has 0 aliphatic carbocycles. The number of hydrogen-bond donors (Lipinski definition) is 1. The van der Waals surface area contributed by atoms with Gasteiger partial charge < -0.3 is 14.7 Å². The van der Waals surface area contributed by atoms with E-state index in [1.54, 1.807) is 7.11 Å². The molecule has 1 heterocycles. The number of amides is 1. The minimum Gasteiger partial charge on any atom is -0.391 e. The first-order valence-corrected chi connectivity index (χ1v) is 7.44. The molecule has 1 fully saturated rings. The Kier molecular flexibility index (Phi) is 6.43. The number of carbonyl (C=O) groups is 1. The lowest BCUT2D eigenvalue weighted by molar-refractivity contribution is -0.138. The quantitative estimate of drug-likeness (QED) is 0.813. The van der Waals surface area contributed by atoms with Gasteiger partial charge in [-0.1, -0.05) is 27.7 Å². The first kappa shape index (κ1) is 17.4. The van der Waals surface area contributed by atoms with Crippen LogP contribution in [0.5, 0.6) is 0 Å². The number of aliphatic hydroxyl groups excluding tert-OH is 1. The summed E-state index contributed by atoms with van der Waals surface area (Å²) in [5.41, 5.74) is -0.0973. The van der Waals surface area contributed by atoms with E-state index in [0.29, 0.717) is 13.2 Å². The molecule has 1 saturated heterocycles. The van der Waals surface area contributed by atoms with E-state index >= 15 is 0 Å². The van der Waals surface area contributed by atoms with E-state index in [0.717, 1.165) is 26.2 Å². The fraction of sp³-hybridized carbons (Fsp3) is 0.933. The molecular weight excluding hydrogens is 256 g/mol. The standard InChI is InChI=1S/C15H30N2O3/c1-12(11-20-5)14(19)17-8-6-16(7-9-17)10-13(18)15(2,3)4/h12-13,18H,6-11H2,1-5H3/t12-,13+/m0/s1. The van der Waals surface area contributed by atoms with Gasteiger partial charge in [0.25, 0.3) is 0 Å². The Bertz CT molecular complexity index is 307. The van der Waals surface area contributed by atoms with E-state index in [9.17, 15) is 9.90 Å². The van der Waals surface area contributed by atoms with E-state index in [1.165, 1.54) is 0 Å². The molecule has 2 atom stereocenters. The number of nitrogens with zero attached hydrogens (tertiary/aromatic N) is 2. The second-order valence-electron chi connectivity index (χ2n) is 6.86. The van der Waals surface area contributed by atoms with Crippen LogP contribution in [-0.4, -0.2) is 73.4 Å². The molecule has 118 valence electrons. The van der Waals surface area contributed by atoms with Crippen LogP contribution in [-0.2, 0) is 9.53 Å². The number of rotatable bonds is 5. The molecule has 0 aromatic carbocycles. The van der Waals surface area contributed by atoms with Crippen molar-refractivity contribution in [3.63, 3.8) is 0 Å². The predicted octanol–water partition coefficient (Wildman–Crippen LogP) is 0.820. The third-order valence-corrected chi connectivity index (χ3v) is 3.95. The van der Waals surface area contributed by atoms with Gasteiger partial charge in [-0.05, 0) is 5.41 Å². The first-order chi connectivity index (χ1) is 9.25. The lowest BCUT2D eigenvalue weighted by Gasteiger charge is -2.38. The Morgan fingerprint density at radius 3 is 2.25 bits per heavy atom. The molecule has 20 heavy (non-hydrogen) atoms. The van der Waals surface area contributed by atoms with E-state index in [-0.39, 0.29) is 23.3 Å². The van der Waals surface area contributed by atoms with E-state index in [4.69, 9.17) is 4.74 Å². The van der Waals surface area contributed by atoms with Crippen molar-refractivity contribution in [2.75, 3.05) is 46.4 Å². The number of carbonyl (C=O) groups excluding carboxylic acids is 1. The van der Waals surface area contributed by atoms with Gasteiger partial charge in [-0.3, -0.25) is 9.69 Å². The van der Waals surface area contributed by atoms with E-state index < -0.39 is 0 Å². The maximum atomic E-state index is 12.2. The molecule has 1 rings (SSSR count). The van der Waals surface area contributed by atoms with E-state index in [1.807, 2.05) is 32.6 Å². The van der Waals surface area contributed by atoms with Crippen LogP contribution in [0.15, 0.2) is 0 Å². The van der Waals surface area contributed by atoms with Crippen molar-refractivity contribution in [3.8, 4) is 0 Å². The first-order valence-electron chi connectivity index (χ1n) is 7.44. The zero-order valence-corrected chi connectivity index (χ0v) is 13.6. The summed E-state index contributed by atoms with van der Waals surface area (Å²) < 4.78 is 5.04. The van der Waals surface area contributed by atoms with Crippen LogP contribution in [0.3, 0.4) is 0 Å². The van der Waals surface area contributed by atoms with Crippen LogP contribution in [0.1, 0.15) is 27.7 Å². The molecule has 1 aliphatic rings. The van der Waals surface area contributed by atoms with E-state index in [2.05, 4.69) is 4.90 Å². The van der Waals surface area contributed by atoms with Gasteiger partial charge in [0.1, 0.15) is 0 Å². The molecule has 0 aromatic rings. The Labute approximate surface area is 122 Å². The zero-order valence-electron chi connectivity index (χ0n) is 13.6. The molecule has 1 amide bonds. The molecule has 0 unspecified atom stereocenters. The van der Waals surface area contributed by atoms with Gasteiger partial charge in [0.2, 0.25) is 5.91 Å². The third-order valence-electron chi connectivity index (χ3n) is 3.95. The molecular formula is C15H30N2O3. The smallest absolute Gasteiger partial charge is 0.227 e. The summed E-state index contributed by atoms with van der Waals surface area (Å²) in [6.45, 7) is 12.3. The second kappa shape index (κ2) is 7.38. The van der Waals surface area contributed by atoms with Crippen LogP contribution in [0.2, 0.25) is 0 Å². The van der Waals surface area contributed by atoms with Crippen molar-refractivity contribution in [2.45, 2.75) is 33.8 Å². The summed E-state index contributed by atoms with van der Waals surface area (Å²) >= 11 is 0. The minimum atomic E-state index is -0.336. The zero-order chi connectivity index (χ0) is 15.3. The number of hydrogen-bond acceptors (Lipinski definition) is 4. The number of aliphatic hydroxyl groups is 1. The van der Waals surface area contributed by atoms with Gasteiger partial charge in [0, 0.05) is 39.8 Å². The van der Waals surface area contributed by atoms with Crippen molar-refractivity contribution < 1.29 is 14.6 Å². The highest BCUT2D eigenvalue weighted by Gasteiger charge is 2.28. The number of piperazine rings is 1. The van der Waals surface area contributed by atoms with Crippen molar-refractivity contribution in [1.82, 2.24) is 9.80 Å². The van der Waals surface area contributed by atoms with Gasteiger partial charge in [-0.2, -0.15) is 0 Å². The molecule has 0 spiro atoms. The Morgan fingerprint density at radius 2 is 1.80 bits per heavy atom. The summed E-state index contributed by atoms with van der Waals surface area (Å²) in [4.78, 5) is 16.3. The fourth-order valence-electron chi connectivity index (χ4n) is 2.30. The molecule has 5 heteroatoms. The third kappa shape index (κ3) is 5.04. The summed E-state index contributed by atoms with van der Waals surface area (Å²) in [6, 6.07) is 0. The van der Waals surface area contributed by atoms with Gasteiger partial charge in [0.15, 0.2) is 0 Å². The van der Waals surface area contributed by atoms with Crippen LogP contribution in [0.25, 0.3) is 0 Å². The van der Waals surface area contributed by atoms with Crippen LogP contribution < -0.4 is 0 Å². The van der Waals surface area contributed by atoms with Crippen LogP contribution in [0, 0.1) is 11.3 Å². The Morgan fingerprint density at radius 1 is 1.25 bits per heavy atom. The highest BCUT2D eigenvalue weighted by molar-refractivity contribution is 5.78. The normalized spacial score (nSPS) is 20.8. The number of methoxy groups -OCH3 is 1. The second-order valence-corrected chi connectivity index (χ2v) is 6.86. The molecule has 0 aromatic heterocycles. The highest BCUT2D eigenvalue weighted by Crippen LogP contribution is 2.20. The molecule has 5 nitrogen and oxygen atoms in total. The maximum absolute atomic E-state index is 12.2. The SMILES string of the molecule is COC[C@H](C)C(=O)N1CCN(C[C@@H](O)C(C)(C)C)CC1. The fourth-order valence-corrected chi connectivity index (χ4v) is 2.30. The highest BCUT2D eigenvalue weighted by atomic mass is 16.5. The van der Waals surface area contributed by atoms with Crippen molar-refractivity contribution >= 4 is 5.91 Å². The van der Waals surface area contributed by atoms with Crippen LogP contribution in [0.4, 0.5) is 0 Å². The summed E-state index contributed by atoms with van der Waals surface area (Å²) in [5, 5.41) is 10.1. The van der Waals surface area contributed by atoms with Crippen molar-refractivity contribution in [3.05, 3.63) is 0 Å². The minimum absolute atomic E-state index is 0.0771. The lowest BCUT2D eigenvalue weighted by atomic mass is 9.89. The largest absolute Gasteiger partial charge is 0.391 e. The Balaban J connectivity index is 2.38. The van der Waals surface area contributed by atoms with Gasteiger partial charge in [-0.25, -0.2) is 0 Å². The Hall–Kier alpha value is -0.650. The lowest BCUT2D eigenvalue weighted by Crippen LogP contribution is -2.53. The van der Waals surface area contributed by atoms with Gasteiger partial charge >= 0.3 is 0 Å². The van der Waals surface area contributed by atoms with Crippen molar-refractivity contribution in [1.29, 1.82) is 0 Å². The topological polar surface area (TPSA) is 53.0 Å².